The van der Waals surface area contributed by atoms with Crippen LogP contribution >= 0.6 is 0 Å². The number of phenols is 1. The summed E-state index contributed by atoms with van der Waals surface area (Å²) in [6.45, 7) is -0.273. The van der Waals surface area contributed by atoms with Gasteiger partial charge in [-0.2, -0.15) is 13.2 Å². The van der Waals surface area contributed by atoms with Gasteiger partial charge in [-0.05, 0) is 24.1 Å². The Morgan fingerprint density at radius 3 is 2.38 bits per heavy atom. The summed E-state index contributed by atoms with van der Waals surface area (Å²) in [7, 11) is 1.16. The average molecular weight is 236 g/mol. The number of aliphatic hydroxyl groups is 1. The molecule has 1 aromatic rings. The summed E-state index contributed by atoms with van der Waals surface area (Å²) < 4.78 is 42.2. The number of phenolic OH excluding ortho intramolecular Hbond substituents is 1. The summed E-state index contributed by atoms with van der Waals surface area (Å²) in [5.41, 5.74) is -0.903. The Hall–Kier alpha value is -1.43. The first kappa shape index (κ1) is 12.6. The van der Waals surface area contributed by atoms with Crippen molar-refractivity contribution in [2.75, 3.05) is 13.7 Å². The van der Waals surface area contributed by atoms with Crippen LogP contribution in [-0.2, 0) is 12.6 Å². The summed E-state index contributed by atoms with van der Waals surface area (Å²) in [4.78, 5) is 0. The van der Waals surface area contributed by atoms with Gasteiger partial charge in [-0.3, -0.25) is 0 Å². The van der Waals surface area contributed by atoms with Crippen LogP contribution in [0.15, 0.2) is 12.1 Å². The summed E-state index contributed by atoms with van der Waals surface area (Å²) in [6, 6.07) is 2.06. The van der Waals surface area contributed by atoms with E-state index in [4.69, 9.17) is 5.11 Å². The van der Waals surface area contributed by atoms with Crippen molar-refractivity contribution in [2.45, 2.75) is 12.6 Å². The first-order valence-electron chi connectivity index (χ1n) is 4.48. The van der Waals surface area contributed by atoms with Gasteiger partial charge in [0, 0.05) is 6.61 Å². The number of alkyl halides is 3. The lowest BCUT2D eigenvalue weighted by Gasteiger charge is -2.13. The third-order valence-corrected chi connectivity index (χ3v) is 2.06. The molecule has 0 bridgehead atoms. The molecular weight excluding hydrogens is 225 g/mol. The van der Waals surface area contributed by atoms with Crippen LogP contribution in [0.3, 0.4) is 0 Å². The minimum absolute atomic E-state index is 0.0692. The fourth-order valence-electron chi connectivity index (χ4n) is 1.31. The van der Waals surface area contributed by atoms with Crippen LogP contribution in [0, 0.1) is 0 Å². The van der Waals surface area contributed by atoms with Gasteiger partial charge < -0.3 is 14.9 Å². The predicted molar refractivity (Wildman–Crippen MR) is 50.5 cm³/mol. The molecule has 0 unspecified atom stereocenters. The quantitative estimate of drug-likeness (QED) is 0.843. The van der Waals surface area contributed by atoms with Crippen LogP contribution in [-0.4, -0.2) is 23.9 Å². The predicted octanol–water partition coefficient (Wildman–Crippen LogP) is 1.95. The van der Waals surface area contributed by atoms with Crippen molar-refractivity contribution in [3.8, 4) is 11.5 Å². The van der Waals surface area contributed by atoms with Gasteiger partial charge in [0.25, 0.3) is 0 Å². The van der Waals surface area contributed by atoms with Crippen molar-refractivity contribution < 1.29 is 28.1 Å². The van der Waals surface area contributed by atoms with E-state index in [1.54, 1.807) is 0 Å². The second-order valence-electron chi connectivity index (χ2n) is 3.17. The van der Waals surface area contributed by atoms with Crippen molar-refractivity contribution in [1.82, 2.24) is 0 Å². The molecule has 0 aromatic heterocycles. The van der Waals surface area contributed by atoms with Crippen LogP contribution < -0.4 is 4.74 Å². The second kappa shape index (κ2) is 4.61. The Labute approximate surface area is 90.1 Å². The van der Waals surface area contributed by atoms with Gasteiger partial charge in [-0.1, -0.05) is 0 Å². The molecule has 2 N–H and O–H groups in total. The van der Waals surface area contributed by atoms with Crippen LogP contribution in [0.1, 0.15) is 11.1 Å². The van der Waals surface area contributed by atoms with Gasteiger partial charge >= 0.3 is 6.18 Å². The molecule has 0 heterocycles. The van der Waals surface area contributed by atoms with Gasteiger partial charge in [-0.25, -0.2) is 0 Å². The fraction of sp³-hybridized carbons (Fsp3) is 0.400. The molecule has 1 rings (SSSR count). The third-order valence-electron chi connectivity index (χ3n) is 2.06. The number of rotatable bonds is 3. The maximum atomic E-state index is 12.5. The highest BCUT2D eigenvalue weighted by Gasteiger charge is 2.35. The zero-order valence-corrected chi connectivity index (χ0v) is 8.51. The SMILES string of the molecule is COc1cc(CCO)cc(C(F)(F)F)c1O. The molecule has 0 aliphatic heterocycles. The molecule has 1 aromatic carbocycles. The molecule has 0 aliphatic rings. The topological polar surface area (TPSA) is 49.7 Å². The van der Waals surface area contributed by atoms with Gasteiger partial charge in [0.05, 0.1) is 7.11 Å². The largest absolute Gasteiger partial charge is 0.504 e. The number of hydrogen-bond donors (Lipinski definition) is 2. The molecule has 0 fully saturated rings. The third kappa shape index (κ3) is 2.57. The van der Waals surface area contributed by atoms with Crippen molar-refractivity contribution in [1.29, 1.82) is 0 Å². The van der Waals surface area contributed by atoms with E-state index in [1.807, 2.05) is 0 Å². The van der Waals surface area contributed by atoms with E-state index < -0.39 is 17.5 Å². The molecule has 0 saturated carbocycles. The van der Waals surface area contributed by atoms with Crippen molar-refractivity contribution in [2.24, 2.45) is 0 Å². The van der Waals surface area contributed by atoms with E-state index in [9.17, 15) is 18.3 Å². The molecule has 0 aliphatic carbocycles. The summed E-state index contributed by atoms with van der Waals surface area (Å²) in [5, 5.41) is 18.0. The highest BCUT2D eigenvalue weighted by atomic mass is 19.4. The van der Waals surface area contributed by atoms with Gasteiger partial charge in [0.1, 0.15) is 5.56 Å². The zero-order chi connectivity index (χ0) is 12.3. The Morgan fingerprint density at radius 1 is 1.31 bits per heavy atom. The van der Waals surface area contributed by atoms with E-state index in [0.717, 1.165) is 13.2 Å². The minimum atomic E-state index is -4.65. The molecule has 0 atom stereocenters. The van der Waals surface area contributed by atoms with E-state index in [2.05, 4.69) is 4.74 Å². The van der Waals surface area contributed by atoms with Crippen molar-refractivity contribution in [3.05, 3.63) is 23.3 Å². The van der Waals surface area contributed by atoms with E-state index in [1.165, 1.54) is 6.07 Å². The highest BCUT2D eigenvalue weighted by Crippen LogP contribution is 2.41. The molecule has 6 heteroatoms. The van der Waals surface area contributed by atoms with Crippen molar-refractivity contribution >= 4 is 0 Å². The molecule has 0 radical (unpaired) electrons. The maximum Gasteiger partial charge on any atom is 0.420 e. The number of hydrogen-bond acceptors (Lipinski definition) is 3. The summed E-state index contributed by atoms with van der Waals surface area (Å²) in [6.07, 6.45) is -4.58. The van der Waals surface area contributed by atoms with Crippen LogP contribution in [0.2, 0.25) is 0 Å². The van der Waals surface area contributed by atoms with Crippen LogP contribution in [0.25, 0.3) is 0 Å². The average Bonchev–Trinajstić information content (AvgIpc) is 2.19. The van der Waals surface area contributed by atoms with Gasteiger partial charge in [-0.15, -0.1) is 0 Å². The Balaban J connectivity index is 3.30. The summed E-state index contributed by atoms with van der Waals surface area (Å²) >= 11 is 0. The highest BCUT2D eigenvalue weighted by molar-refractivity contribution is 5.49. The Bertz CT molecular complexity index is 374. The standard InChI is InChI=1S/C10H11F3O3/c1-16-8-5-6(2-3-14)4-7(9(8)15)10(11,12)13/h4-5,14-15H,2-3H2,1H3. The number of ether oxygens (including phenoxy) is 1. The maximum absolute atomic E-state index is 12.5. The smallest absolute Gasteiger partial charge is 0.420 e. The fourth-order valence-corrected chi connectivity index (χ4v) is 1.31. The zero-order valence-electron chi connectivity index (χ0n) is 8.51. The Morgan fingerprint density at radius 2 is 1.94 bits per heavy atom. The van der Waals surface area contributed by atoms with Gasteiger partial charge in [0.2, 0.25) is 0 Å². The molecule has 0 spiro atoms. The molecule has 90 valence electrons. The van der Waals surface area contributed by atoms with E-state index in [-0.39, 0.29) is 24.3 Å². The summed E-state index contributed by atoms with van der Waals surface area (Å²) in [5.74, 6) is -1.19. The van der Waals surface area contributed by atoms with Gasteiger partial charge in [0.15, 0.2) is 11.5 Å². The van der Waals surface area contributed by atoms with Crippen molar-refractivity contribution in [3.63, 3.8) is 0 Å². The van der Waals surface area contributed by atoms with Crippen LogP contribution in [0.4, 0.5) is 13.2 Å². The van der Waals surface area contributed by atoms with Crippen LogP contribution in [0.5, 0.6) is 11.5 Å². The lowest BCUT2D eigenvalue weighted by Crippen LogP contribution is -2.07. The molecule has 0 amide bonds. The number of aliphatic hydroxyl groups excluding tert-OH is 1. The lowest BCUT2D eigenvalue weighted by atomic mass is 10.1. The lowest BCUT2D eigenvalue weighted by molar-refractivity contribution is -0.138. The Kier molecular flexibility index (Phi) is 3.64. The number of benzene rings is 1. The number of halogens is 3. The minimum Gasteiger partial charge on any atom is -0.504 e. The first-order chi connectivity index (χ1) is 7.40. The second-order valence-corrected chi connectivity index (χ2v) is 3.17. The van der Waals surface area contributed by atoms with E-state index in [0.29, 0.717) is 0 Å². The number of aromatic hydroxyl groups is 1. The molecule has 16 heavy (non-hydrogen) atoms. The van der Waals surface area contributed by atoms with E-state index >= 15 is 0 Å². The molecule has 0 saturated heterocycles. The normalized spacial score (nSPS) is 11.6. The first-order valence-corrected chi connectivity index (χ1v) is 4.48. The monoisotopic (exact) mass is 236 g/mol. The number of methoxy groups -OCH3 is 1. The molecule has 3 nitrogen and oxygen atoms in total. The molecular formula is C10H11F3O3.